The molecule has 8 heteroatoms. The van der Waals surface area contributed by atoms with Crippen molar-refractivity contribution in [1.82, 2.24) is 4.98 Å². The van der Waals surface area contributed by atoms with E-state index in [1.165, 1.54) is 30.5 Å². The minimum absolute atomic E-state index is 0.00479. The smallest absolute Gasteiger partial charge is 0.416 e. The van der Waals surface area contributed by atoms with Crippen LogP contribution in [0.1, 0.15) is 58.0 Å². The second-order valence-electron chi connectivity index (χ2n) is 7.53. The van der Waals surface area contributed by atoms with E-state index in [2.05, 4.69) is 24.1 Å². The Morgan fingerprint density at radius 2 is 1.79 bits per heavy atom. The van der Waals surface area contributed by atoms with Crippen LogP contribution in [0.15, 0.2) is 66.9 Å². The molecule has 0 saturated heterocycles. The van der Waals surface area contributed by atoms with Crippen LogP contribution in [0.25, 0.3) is 0 Å². The van der Waals surface area contributed by atoms with Gasteiger partial charge in [-0.1, -0.05) is 44.2 Å². The number of Topliss-reactive ketones (excluding diaryl/α,β-unsaturated/α-hetero) is 1. The van der Waals surface area contributed by atoms with Gasteiger partial charge < -0.3 is 10.1 Å². The van der Waals surface area contributed by atoms with Crippen molar-refractivity contribution in [3.05, 3.63) is 89.1 Å². The molecule has 0 radical (unpaired) electrons. The third-order valence-electron chi connectivity index (χ3n) is 5.23. The van der Waals surface area contributed by atoms with E-state index in [1.54, 1.807) is 12.1 Å². The molecule has 1 aromatic heterocycles. The van der Waals surface area contributed by atoms with E-state index in [0.29, 0.717) is 11.5 Å². The van der Waals surface area contributed by atoms with Gasteiger partial charge in [0.25, 0.3) is 0 Å². The van der Waals surface area contributed by atoms with Crippen molar-refractivity contribution >= 4 is 23.3 Å². The van der Waals surface area contributed by atoms with E-state index in [9.17, 15) is 22.8 Å². The number of benzene rings is 2. The lowest BCUT2D eigenvalue weighted by Gasteiger charge is -2.13. The molecule has 0 fully saturated rings. The van der Waals surface area contributed by atoms with Gasteiger partial charge in [-0.05, 0) is 48.2 Å². The molecule has 1 atom stereocenters. The van der Waals surface area contributed by atoms with Crippen molar-refractivity contribution in [3.63, 3.8) is 0 Å². The van der Waals surface area contributed by atoms with Gasteiger partial charge in [0.05, 0.1) is 5.56 Å². The molecule has 0 saturated carbocycles. The van der Waals surface area contributed by atoms with Gasteiger partial charge in [0.1, 0.15) is 11.4 Å². The minimum atomic E-state index is -4.50. The SMILES string of the molecule is CC[C@H](C)c1ccc(C(=O)COC(=O)c2cccnc2Nc2cccc(C(F)(F)F)c2)cc1. The molecule has 33 heavy (non-hydrogen) atoms. The third kappa shape index (κ3) is 6.19. The Morgan fingerprint density at radius 3 is 2.45 bits per heavy atom. The molecule has 5 nitrogen and oxygen atoms in total. The highest BCUT2D eigenvalue weighted by Gasteiger charge is 2.30. The highest BCUT2D eigenvalue weighted by molar-refractivity contribution is 6.00. The molecule has 1 heterocycles. The maximum absolute atomic E-state index is 13.0. The molecule has 172 valence electrons. The quantitative estimate of drug-likeness (QED) is 0.314. The number of aromatic nitrogens is 1. The van der Waals surface area contributed by atoms with Crippen molar-refractivity contribution in [1.29, 1.82) is 0 Å². The molecule has 3 rings (SSSR count). The van der Waals surface area contributed by atoms with Crippen LogP contribution in [0.3, 0.4) is 0 Å². The van der Waals surface area contributed by atoms with Crippen molar-refractivity contribution in [3.8, 4) is 0 Å². The molecule has 0 unspecified atom stereocenters. The number of esters is 1. The van der Waals surface area contributed by atoms with Crippen LogP contribution < -0.4 is 5.32 Å². The van der Waals surface area contributed by atoms with Crippen LogP contribution in [-0.4, -0.2) is 23.3 Å². The Bertz CT molecular complexity index is 1130. The summed E-state index contributed by atoms with van der Waals surface area (Å²) in [5.41, 5.74) is 0.803. The molecule has 3 aromatic rings. The molecule has 0 bridgehead atoms. The van der Waals surface area contributed by atoms with Gasteiger partial charge in [0, 0.05) is 17.4 Å². The summed E-state index contributed by atoms with van der Waals surface area (Å²) in [5.74, 6) is -0.787. The second-order valence-corrected chi connectivity index (χ2v) is 7.53. The van der Waals surface area contributed by atoms with E-state index in [-0.39, 0.29) is 22.9 Å². The highest BCUT2D eigenvalue weighted by atomic mass is 19.4. The van der Waals surface area contributed by atoms with Gasteiger partial charge in [0.15, 0.2) is 12.4 Å². The molecule has 1 N–H and O–H groups in total. The summed E-state index contributed by atoms with van der Waals surface area (Å²) in [7, 11) is 0. The Kier molecular flexibility index (Phi) is 7.48. The second kappa shape index (κ2) is 10.3. The van der Waals surface area contributed by atoms with Crippen LogP contribution in [0.4, 0.5) is 24.7 Å². The van der Waals surface area contributed by atoms with E-state index in [4.69, 9.17) is 4.74 Å². The standard InChI is InChI=1S/C25H23F3N2O3/c1-3-16(2)17-9-11-18(12-10-17)22(31)15-33-24(32)21-8-5-13-29-23(21)30-20-7-4-6-19(14-20)25(26,27)28/h4-14,16H,3,15H2,1-2H3,(H,29,30)/t16-/m0/s1. The number of anilines is 2. The summed E-state index contributed by atoms with van der Waals surface area (Å²) in [6.07, 6.45) is -2.14. The van der Waals surface area contributed by atoms with Crippen molar-refractivity contribution in [2.45, 2.75) is 32.4 Å². The number of hydrogen-bond donors (Lipinski definition) is 1. The van der Waals surface area contributed by atoms with E-state index in [1.807, 2.05) is 12.1 Å². The van der Waals surface area contributed by atoms with Gasteiger partial charge in [-0.15, -0.1) is 0 Å². The van der Waals surface area contributed by atoms with Crippen LogP contribution >= 0.6 is 0 Å². The molecule has 0 spiro atoms. The Hall–Kier alpha value is -3.68. The lowest BCUT2D eigenvalue weighted by Crippen LogP contribution is -2.16. The Morgan fingerprint density at radius 1 is 1.06 bits per heavy atom. The predicted molar refractivity (Wildman–Crippen MR) is 119 cm³/mol. The van der Waals surface area contributed by atoms with Gasteiger partial charge >= 0.3 is 12.1 Å². The average Bonchev–Trinajstić information content (AvgIpc) is 2.82. The number of carbonyl (C=O) groups excluding carboxylic acids is 2. The maximum Gasteiger partial charge on any atom is 0.416 e. The zero-order valence-corrected chi connectivity index (χ0v) is 18.1. The predicted octanol–water partition coefficient (Wildman–Crippen LogP) is 6.40. The molecule has 0 aliphatic carbocycles. The topological polar surface area (TPSA) is 68.3 Å². The minimum Gasteiger partial charge on any atom is -0.454 e. The molecule has 0 aliphatic rings. The van der Waals surface area contributed by atoms with Crippen LogP contribution in [0.5, 0.6) is 0 Å². The lowest BCUT2D eigenvalue weighted by atomic mass is 9.97. The number of hydrogen-bond acceptors (Lipinski definition) is 5. The number of pyridine rings is 1. The molecular formula is C25H23F3N2O3. The number of alkyl halides is 3. The zero-order chi connectivity index (χ0) is 24.0. The van der Waals surface area contributed by atoms with Crippen LogP contribution in [0.2, 0.25) is 0 Å². The third-order valence-corrected chi connectivity index (χ3v) is 5.23. The van der Waals surface area contributed by atoms with E-state index >= 15 is 0 Å². The number of nitrogens with one attached hydrogen (secondary N) is 1. The van der Waals surface area contributed by atoms with Crippen molar-refractivity contribution in [2.24, 2.45) is 0 Å². The fourth-order valence-corrected chi connectivity index (χ4v) is 3.11. The number of ether oxygens (including phenoxy) is 1. The largest absolute Gasteiger partial charge is 0.454 e. The summed E-state index contributed by atoms with van der Waals surface area (Å²) >= 11 is 0. The molecule has 0 aliphatic heterocycles. The van der Waals surface area contributed by atoms with Crippen molar-refractivity contribution < 1.29 is 27.5 Å². The van der Waals surface area contributed by atoms with Gasteiger partial charge in [0.2, 0.25) is 0 Å². The first-order valence-electron chi connectivity index (χ1n) is 10.4. The van der Waals surface area contributed by atoms with E-state index in [0.717, 1.165) is 24.1 Å². The molecule has 0 amide bonds. The summed E-state index contributed by atoms with van der Waals surface area (Å²) < 4.78 is 44.0. The maximum atomic E-state index is 13.0. The first-order chi connectivity index (χ1) is 15.7. The summed E-state index contributed by atoms with van der Waals surface area (Å²) in [6, 6.07) is 14.6. The number of nitrogens with zero attached hydrogens (tertiary/aromatic N) is 1. The summed E-state index contributed by atoms with van der Waals surface area (Å²) in [5, 5.41) is 2.71. The number of carbonyl (C=O) groups is 2. The van der Waals surface area contributed by atoms with Crippen LogP contribution in [0, 0.1) is 0 Å². The van der Waals surface area contributed by atoms with E-state index < -0.39 is 24.3 Å². The van der Waals surface area contributed by atoms with Gasteiger partial charge in [-0.3, -0.25) is 4.79 Å². The number of rotatable bonds is 8. The fourth-order valence-electron chi connectivity index (χ4n) is 3.11. The van der Waals surface area contributed by atoms with Gasteiger partial charge in [-0.25, -0.2) is 9.78 Å². The first kappa shape index (κ1) is 24.0. The lowest BCUT2D eigenvalue weighted by molar-refractivity contribution is -0.137. The highest BCUT2D eigenvalue weighted by Crippen LogP contribution is 2.31. The Labute approximate surface area is 189 Å². The first-order valence-corrected chi connectivity index (χ1v) is 10.4. The van der Waals surface area contributed by atoms with Crippen LogP contribution in [-0.2, 0) is 10.9 Å². The normalized spacial score (nSPS) is 12.2. The van der Waals surface area contributed by atoms with Crippen molar-refractivity contribution in [2.75, 3.05) is 11.9 Å². The fraction of sp³-hybridized carbons (Fsp3) is 0.240. The average molecular weight is 456 g/mol. The zero-order valence-electron chi connectivity index (χ0n) is 18.1. The van der Waals surface area contributed by atoms with Gasteiger partial charge in [-0.2, -0.15) is 13.2 Å². The summed E-state index contributed by atoms with van der Waals surface area (Å²) in [4.78, 5) is 29.0. The number of ketones is 1. The monoisotopic (exact) mass is 456 g/mol. The number of halogens is 3. The molecular weight excluding hydrogens is 433 g/mol. The summed E-state index contributed by atoms with van der Waals surface area (Å²) in [6.45, 7) is 3.70. The molecule has 2 aromatic carbocycles. The Balaban J connectivity index is 1.68.